The number of piperazine rings is 1. The highest BCUT2D eigenvalue weighted by atomic mass is 19.4. The minimum Gasteiger partial charge on any atom is -0.497 e. The first kappa shape index (κ1) is 19.3. The van der Waals surface area contributed by atoms with Gasteiger partial charge in [0.25, 0.3) is 5.91 Å². The van der Waals surface area contributed by atoms with E-state index in [9.17, 15) is 18.0 Å². The maximum absolute atomic E-state index is 13.4. The average molecular weight is 361 g/mol. The molecule has 1 amide bonds. The molecule has 1 fully saturated rings. The van der Waals surface area contributed by atoms with E-state index in [0.29, 0.717) is 18.8 Å². The Labute approximate surface area is 144 Å². The minimum absolute atomic E-state index is 0.128. The molecule has 1 saturated heterocycles. The van der Waals surface area contributed by atoms with Crippen LogP contribution >= 0.6 is 0 Å². The molecule has 0 spiro atoms. The summed E-state index contributed by atoms with van der Waals surface area (Å²) in [6.45, 7) is 1.02. The topological polar surface area (TPSA) is 62.8 Å². The van der Waals surface area contributed by atoms with Crippen LogP contribution < -0.4 is 20.1 Å². The molecule has 1 heterocycles. The second kappa shape index (κ2) is 8.39. The number of halogens is 3. The van der Waals surface area contributed by atoms with Gasteiger partial charge in [-0.25, -0.2) is 0 Å². The number of methoxy groups -OCH3 is 2. The summed E-state index contributed by atoms with van der Waals surface area (Å²) in [6.07, 6.45) is -4.43. The Hall–Kier alpha value is -2.00. The van der Waals surface area contributed by atoms with Crippen LogP contribution in [0.3, 0.4) is 0 Å². The summed E-state index contributed by atoms with van der Waals surface area (Å²) in [5, 5.41) is 5.39. The number of rotatable bonds is 6. The number of alkyl halides is 3. The SMILES string of the molecule is COc1ccc(OC)c(C(=O)NCC(N2CCNCC2)C(F)(F)F)c1. The molecule has 2 N–H and O–H groups in total. The number of amides is 1. The monoisotopic (exact) mass is 361 g/mol. The van der Waals surface area contributed by atoms with Crippen molar-refractivity contribution in [3.8, 4) is 11.5 Å². The van der Waals surface area contributed by atoms with Gasteiger partial charge < -0.3 is 20.1 Å². The van der Waals surface area contributed by atoms with E-state index in [-0.39, 0.29) is 24.4 Å². The molecule has 0 bridgehead atoms. The molecule has 0 aliphatic carbocycles. The van der Waals surface area contributed by atoms with Crippen molar-refractivity contribution in [2.75, 3.05) is 46.9 Å². The molecule has 0 radical (unpaired) electrons. The van der Waals surface area contributed by atoms with Crippen LogP contribution in [0.4, 0.5) is 13.2 Å². The summed E-state index contributed by atoms with van der Waals surface area (Å²) in [5.74, 6) is 0.0459. The molecule has 25 heavy (non-hydrogen) atoms. The van der Waals surface area contributed by atoms with Crippen LogP contribution in [0.15, 0.2) is 18.2 Å². The van der Waals surface area contributed by atoms with Gasteiger partial charge >= 0.3 is 6.18 Å². The van der Waals surface area contributed by atoms with Gasteiger partial charge in [-0.1, -0.05) is 0 Å². The molecular weight excluding hydrogens is 339 g/mol. The number of hydrogen-bond acceptors (Lipinski definition) is 5. The lowest BCUT2D eigenvalue weighted by atomic mass is 10.1. The van der Waals surface area contributed by atoms with Crippen molar-refractivity contribution in [2.24, 2.45) is 0 Å². The summed E-state index contributed by atoms with van der Waals surface area (Å²) in [7, 11) is 2.82. The van der Waals surface area contributed by atoms with E-state index in [1.165, 1.54) is 31.3 Å². The first-order valence-electron chi connectivity index (χ1n) is 7.88. The van der Waals surface area contributed by atoms with E-state index in [2.05, 4.69) is 10.6 Å². The highest BCUT2D eigenvalue weighted by Gasteiger charge is 2.43. The number of benzene rings is 1. The second-order valence-electron chi connectivity index (χ2n) is 5.62. The second-order valence-corrected chi connectivity index (χ2v) is 5.62. The molecule has 2 rings (SSSR count). The van der Waals surface area contributed by atoms with Crippen LogP contribution in [0.1, 0.15) is 10.4 Å². The van der Waals surface area contributed by atoms with E-state index in [1.54, 1.807) is 6.07 Å². The van der Waals surface area contributed by atoms with Gasteiger partial charge in [0, 0.05) is 32.7 Å². The normalized spacial score (nSPS) is 17.0. The van der Waals surface area contributed by atoms with Gasteiger partial charge in [-0.3, -0.25) is 9.69 Å². The third-order valence-electron chi connectivity index (χ3n) is 4.08. The van der Waals surface area contributed by atoms with Gasteiger partial charge in [0.05, 0.1) is 19.8 Å². The molecule has 1 atom stereocenters. The minimum atomic E-state index is -4.43. The Morgan fingerprint density at radius 1 is 1.28 bits per heavy atom. The third kappa shape index (κ3) is 4.99. The Bertz CT molecular complexity index is 590. The average Bonchev–Trinajstić information content (AvgIpc) is 2.60. The van der Waals surface area contributed by atoms with Crippen LogP contribution in [0, 0.1) is 0 Å². The van der Waals surface area contributed by atoms with Gasteiger partial charge in [0.1, 0.15) is 17.5 Å². The maximum atomic E-state index is 13.4. The summed E-state index contributed by atoms with van der Waals surface area (Å²) in [4.78, 5) is 13.7. The number of ether oxygens (including phenoxy) is 2. The zero-order valence-corrected chi connectivity index (χ0v) is 14.2. The van der Waals surface area contributed by atoms with Gasteiger partial charge in [-0.05, 0) is 18.2 Å². The smallest absolute Gasteiger partial charge is 0.405 e. The predicted octanol–water partition coefficient (Wildman–Crippen LogP) is 1.27. The Kier molecular flexibility index (Phi) is 6.49. The maximum Gasteiger partial charge on any atom is 0.405 e. The Morgan fingerprint density at radius 3 is 2.52 bits per heavy atom. The van der Waals surface area contributed by atoms with E-state index < -0.39 is 24.7 Å². The Morgan fingerprint density at radius 2 is 1.96 bits per heavy atom. The zero-order valence-electron chi connectivity index (χ0n) is 14.2. The zero-order chi connectivity index (χ0) is 18.4. The molecule has 1 aromatic rings. The van der Waals surface area contributed by atoms with Gasteiger partial charge in [0.2, 0.25) is 0 Å². The predicted molar refractivity (Wildman–Crippen MR) is 86.2 cm³/mol. The molecule has 6 nitrogen and oxygen atoms in total. The highest BCUT2D eigenvalue weighted by molar-refractivity contribution is 5.97. The standard InChI is InChI=1S/C16H22F3N3O3/c1-24-11-3-4-13(25-2)12(9-11)15(23)21-10-14(16(17,18)19)22-7-5-20-6-8-22/h3-4,9,14,20H,5-8,10H2,1-2H3,(H,21,23). The van der Waals surface area contributed by atoms with Crippen LogP contribution in [0.2, 0.25) is 0 Å². The molecule has 1 aliphatic rings. The number of nitrogens with one attached hydrogen (secondary N) is 2. The summed E-state index contributed by atoms with van der Waals surface area (Å²) in [5.41, 5.74) is 0.128. The number of nitrogens with zero attached hydrogens (tertiary/aromatic N) is 1. The Balaban J connectivity index is 2.10. The molecule has 9 heteroatoms. The first-order valence-corrected chi connectivity index (χ1v) is 7.88. The molecule has 1 aliphatic heterocycles. The number of hydrogen-bond donors (Lipinski definition) is 2. The molecule has 1 unspecified atom stereocenters. The van der Waals surface area contributed by atoms with Crippen molar-refractivity contribution in [1.29, 1.82) is 0 Å². The summed E-state index contributed by atoms with van der Waals surface area (Å²) in [6, 6.07) is 2.84. The first-order chi connectivity index (χ1) is 11.9. The molecule has 0 aromatic heterocycles. The van der Waals surface area contributed by atoms with Crippen LogP contribution in [-0.4, -0.2) is 70.0 Å². The van der Waals surface area contributed by atoms with Gasteiger partial charge in [0.15, 0.2) is 0 Å². The molecular formula is C16H22F3N3O3. The van der Waals surface area contributed by atoms with E-state index in [1.807, 2.05) is 0 Å². The van der Waals surface area contributed by atoms with Gasteiger partial charge in [-0.2, -0.15) is 13.2 Å². The molecule has 0 saturated carbocycles. The van der Waals surface area contributed by atoms with Crippen LogP contribution in [0.5, 0.6) is 11.5 Å². The van der Waals surface area contributed by atoms with E-state index >= 15 is 0 Å². The van der Waals surface area contributed by atoms with Crippen molar-refractivity contribution in [3.05, 3.63) is 23.8 Å². The lowest BCUT2D eigenvalue weighted by molar-refractivity contribution is -0.183. The van der Waals surface area contributed by atoms with Gasteiger partial charge in [-0.15, -0.1) is 0 Å². The summed E-state index contributed by atoms with van der Waals surface area (Å²) < 4.78 is 50.2. The lowest BCUT2D eigenvalue weighted by Crippen LogP contribution is -2.57. The lowest BCUT2D eigenvalue weighted by Gasteiger charge is -2.35. The largest absolute Gasteiger partial charge is 0.497 e. The fourth-order valence-corrected chi connectivity index (χ4v) is 2.72. The highest BCUT2D eigenvalue weighted by Crippen LogP contribution is 2.26. The van der Waals surface area contributed by atoms with E-state index in [0.717, 1.165) is 0 Å². The quantitative estimate of drug-likeness (QED) is 0.799. The number of carbonyl (C=O) groups excluding carboxylic acids is 1. The third-order valence-corrected chi connectivity index (χ3v) is 4.08. The van der Waals surface area contributed by atoms with E-state index in [4.69, 9.17) is 9.47 Å². The fourth-order valence-electron chi connectivity index (χ4n) is 2.72. The number of carbonyl (C=O) groups is 1. The van der Waals surface area contributed by atoms with Crippen LogP contribution in [-0.2, 0) is 0 Å². The summed E-state index contributed by atoms with van der Waals surface area (Å²) >= 11 is 0. The fraction of sp³-hybridized carbons (Fsp3) is 0.562. The van der Waals surface area contributed by atoms with Crippen molar-refractivity contribution in [2.45, 2.75) is 12.2 Å². The van der Waals surface area contributed by atoms with Crippen molar-refractivity contribution in [1.82, 2.24) is 15.5 Å². The van der Waals surface area contributed by atoms with Crippen molar-refractivity contribution in [3.63, 3.8) is 0 Å². The molecule has 140 valence electrons. The van der Waals surface area contributed by atoms with Crippen LogP contribution in [0.25, 0.3) is 0 Å². The van der Waals surface area contributed by atoms with Crippen molar-refractivity contribution < 1.29 is 27.4 Å². The molecule has 1 aromatic carbocycles. The van der Waals surface area contributed by atoms with Crippen molar-refractivity contribution >= 4 is 5.91 Å².